The lowest BCUT2D eigenvalue weighted by Gasteiger charge is -2.09. The highest BCUT2D eigenvalue weighted by Crippen LogP contribution is 2.16. The Morgan fingerprint density at radius 1 is 1.17 bits per heavy atom. The first-order valence-corrected chi connectivity index (χ1v) is 10.6. The summed E-state index contributed by atoms with van der Waals surface area (Å²) in [6.07, 6.45) is 1.67. The molecule has 2 N–H and O–H groups in total. The number of carbonyl (C=O) groups is 1. The van der Waals surface area contributed by atoms with Gasteiger partial charge in [0.1, 0.15) is 0 Å². The average molecular weight is 359 g/mol. The van der Waals surface area contributed by atoms with Gasteiger partial charge in [-0.3, -0.25) is 9.52 Å². The predicted octanol–water partition coefficient (Wildman–Crippen LogP) is 3.56. The third kappa shape index (κ3) is 8.86. The summed E-state index contributed by atoms with van der Waals surface area (Å²) in [4.78, 5) is 11.8. The highest BCUT2D eigenvalue weighted by atomic mass is 32.2. The molecule has 0 heterocycles. The molecule has 0 aliphatic heterocycles. The Kier molecular flexibility index (Phi) is 8.47. The molecule has 0 saturated heterocycles. The molecule has 0 aliphatic rings. The minimum atomic E-state index is -3.28. The van der Waals surface area contributed by atoms with Crippen molar-refractivity contribution >= 4 is 39.1 Å². The van der Waals surface area contributed by atoms with Gasteiger partial charge in [0.05, 0.1) is 11.5 Å². The van der Waals surface area contributed by atoms with E-state index in [0.29, 0.717) is 29.5 Å². The molecular formula is C16H26N2O3S2. The van der Waals surface area contributed by atoms with E-state index >= 15 is 0 Å². The molecule has 0 bridgehead atoms. The Balaban J connectivity index is 2.43. The van der Waals surface area contributed by atoms with Crippen LogP contribution in [0.4, 0.5) is 11.4 Å². The summed E-state index contributed by atoms with van der Waals surface area (Å²) < 4.78 is 25.9. The molecule has 0 aliphatic carbocycles. The largest absolute Gasteiger partial charge is 0.325 e. The van der Waals surface area contributed by atoms with Crippen LogP contribution in [0.2, 0.25) is 0 Å². The molecule has 1 amide bonds. The maximum Gasteiger partial charge on any atom is 0.234 e. The maximum absolute atomic E-state index is 11.8. The first-order chi connectivity index (χ1) is 10.8. The van der Waals surface area contributed by atoms with Gasteiger partial charge in [-0.15, -0.1) is 0 Å². The topological polar surface area (TPSA) is 75.3 Å². The summed E-state index contributed by atoms with van der Waals surface area (Å²) in [5.41, 5.74) is 1.17. The molecule has 1 aromatic rings. The average Bonchev–Trinajstić information content (AvgIpc) is 2.45. The molecule has 1 rings (SSSR count). The predicted molar refractivity (Wildman–Crippen MR) is 99.6 cm³/mol. The molecular weight excluding hydrogens is 332 g/mol. The van der Waals surface area contributed by atoms with E-state index in [0.717, 1.165) is 12.2 Å². The first kappa shape index (κ1) is 19.8. The number of benzene rings is 1. The van der Waals surface area contributed by atoms with E-state index in [2.05, 4.69) is 23.9 Å². The number of hydrogen-bond donors (Lipinski definition) is 2. The number of sulfonamides is 1. The van der Waals surface area contributed by atoms with Crippen LogP contribution in [0.25, 0.3) is 0 Å². The van der Waals surface area contributed by atoms with Gasteiger partial charge in [-0.05, 0) is 48.8 Å². The van der Waals surface area contributed by atoms with Crippen molar-refractivity contribution in [1.82, 2.24) is 0 Å². The zero-order chi connectivity index (χ0) is 17.3. The third-order valence-corrected chi connectivity index (χ3v) is 5.47. The third-order valence-electron chi connectivity index (χ3n) is 2.99. The summed E-state index contributed by atoms with van der Waals surface area (Å²) in [7, 11) is -3.28. The molecule has 0 fully saturated rings. The van der Waals surface area contributed by atoms with Gasteiger partial charge in [-0.1, -0.05) is 20.8 Å². The molecule has 0 radical (unpaired) electrons. The zero-order valence-electron chi connectivity index (χ0n) is 14.0. The van der Waals surface area contributed by atoms with Crippen LogP contribution in [0.1, 0.15) is 33.6 Å². The monoisotopic (exact) mass is 358 g/mol. The lowest BCUT2D eigenvalue weighted by atomic mass is 10.2. The summed E-state index contributed by atoms with van der Waals surface area (Å²) >= 11 is 1.62. The summed E-state index contributed by atoms with van der Waals surface area (Å²) in [5.74, 6) is 2.10. The molecule has 0 saturated carbocycles. The fourth-order valence-electron chi connectivity index (χ4n) is 1.80. The Morgan fingerprint density at radius 2 is 1.78 bits per heavy atom. The minimum absolute atomic E-state index is 0.0435. The second-order valence-corrected chi connectivity index (χ2v) is 8.73. The lowest BCUT2D eigenvalue weighted by molar-refractivity contribution is -0.113. The van der Waals surface area contributed by atoms with E-state index < -0.39 is 10.0 Å². The van der Waals surface area contributed by atoms with Crippen LogP contribution in [0.15, 0.2) is 24.3 Å². The van der Waals surface area contributed by atoms with Crippen molar-refractivity contribution in [3.8, 4) is 0 Å². The molecule has 7 heteroatoms. The summed E-state index contributed by atoms with van der Waals surface area (Å²) in [6, 6.07) is 6.68. The van der Waals surface area contributed by atoms with Crippen molar-refractivity contribution in [2.45, 2.75) is 33.6 Å². The highest BCUT2D eigenvalue weighted by Gasteiger charge is 2.09. The van der Waals surface area contributed by atoms with Crippen LogP contribution in [0.5, 0.6) is 0 Å². The molecule has 0 spiro atoms. The Labute approximate surface area is 143 Å². The Morgan fingerprint density at radius 3 is 2.35 bits per heavy atom. The quantitative estimate of drug-likeness (QED) is 0.627. The second kappa shape index (κ2) is 9.82. The van der Waals surface area contributed by atoms with Crippen LogP contribution in [-0.4, -0.2) is 31.6 Å². The SMILES string of the molecule is CCCS(=O)(=O)Nc1ccc(NC(=O)CSCCC(C)C)cc1. The van der Waals surface area contributed by atoms with Crippen molar-refractivity contribution in [2.24, 2.45) is 5.92 Å². The number of rotatable bonds is 10. The minimum Gasteiger partial charge on any atom is -0.325 e. The van der Waals surface area contributed by atoms with Gasteiger partial charge >= 0.3 is 0 Å². The van der Waals surface area contributed by atoms with Crippen molar-refractivity contribution in [2.75, 3.05) is 27.3 Å². The van der Waals surface area contributed by atoms with Gasteiger partial charge in [0, 0.05) is 11.4 Å². The van der Waals surface area contributed by atoms with E-state index in [4.69, 9.17) is 0 Å². The highest BCUT2D eigenvalue weighted by molar-refractivity contribution is 7.99. The van der Waals surface area contributed by atoms with Crippen LogP contribution in [0.3, 0.4) is 0 Å². The van der Waals surface area contributed by atoms with E-state index in [1.165, 1.54) is 0 Å². The molecule has 23 heavy (non-hydrogen) atoms. The summed E-state index contributed by atoms with van der Waals surface area (Å²) in [5, 5.41) is 2.81. The number of anilines is 2. The van der Waals surface area contributed by atoms with Gasteiger partial charge < -0.3 is 5.32 Å². The Hall–Kier alpha value is -1.21. The normalized spacial score (nSPS) is 11.5. The fourth-order valence-corrected chi connectivity index (χ4v) is 3.98. The lowest BCUT2D eigenvalue weighted by Crippen LogP contribution is -2.16. The summed E-state index contributed by atoms with van der Waals surface area (Å²) in [6.45, 7) is 6.14. The van der Waals surface area contributed by atoms with Crippen molar-refractivity contribution < 1.29 is 13.2 Å². The fraction of sp³-hybridized carbons (Fsp3) is 0.562. The Bertz CT molecular complexity index is 584. The second-order valence-electron chi connectivity index (χ2n) is 5.78. The standard InChI is InChI=1S/C16H26N2O3S2/c1-4-11-23(20,21)18-15-7-5-14(6-8-15)17-16(19)12-22-10-9-13(2)3/h5-8,13,18H,4,9-12H2,1-3H3,(H,17,19). The molecule has 0 aromatic heterocycles. The number of carbonyl (C=O) groups excluding carboxylic acids is 1. The smallest absolute Gasteiger partial charge is 0.234 e. The van der Waals surface area contributed by atoms with Crippen LogP contribution in [0, 0.1) is 5.92 Å². The zero-order valence-corrected chi connectivity index (χ0v) is 15.6. The molecule has 0 atom stereocenters. The number of thioether (sulfide) groups is 1. The molecule has 0 unspecified atom stereocenters. The van der Waals surface area contributed by atoms with Gasteiger partial charge in [-0.25, -0.2) is 8.42 Å². The van der Waals surface area contributed by atoms with Gasteiger partial charge in [0.25, 0.3) is 0 Å². The van der Waals surface area contributed by atoms with Crippen molar-refractivity contribution in [3.05, 3.63) is 24.3 Å². The number of nitrogens with one attached hydrogen (secondary N) is 2. The molecule has 1 aromatic carbocycles. The molecule has 130 valence electrons. The number of hydrogen-bond acceptors (Lipinski definition) is 4. The van der Waals surface area contributed by atoms with E-state index in [9.17, 15) is 13.2 Å². The maximum atomic E-state index is 11.8. The van der Waals surface area contributed by atoms with Crippen LogP contribution in [-0.2, 0) is 14.8 Å². The van der Waals surface area contributed by atoms with Gasteiger partial charge in [0.15, 0.2) is 0 Å². The van der Waals surface area contributed by atoms with Gasteiger partial charge in [0.2, 0.25) is 15.9 Å². The molecule has 5 nitrogen and oxygen atoms in total. The van der Waals surface area contributed by atoms with E-state index in [-0.39, 0.29) is 11.7 Å². The van der Waals surface area contributed by atoms with Crippen molar-refractivity contribution in [3.63, 3.8) is 0 Å². The van der Waals surface area contributed by atoms with Crippen LogP contribution < -0.4 is 10.0 Å². The van der Waals surface area contributed by atoms with Crippen LogP contribution >= 0.6 is 11.8 Å². The van der Waals surface area contributed by atoms with E-state index in [1.54, 1.807) is 36.0 Å². The van der Waals surface area contributed by atoms with E-state index in [1.807, 2.05) is 6.92 Å². The van der Waals surface area contributed by atoms with Crippen molar-refractivity contribution in [1.29, 1.82) is 0 Å². The first-order valence-electron chi connectivity index (χ1n) is 7.80. The number of amides is 1. The van der Waals surface area contributed by atoms with Gasteiger partial charge in [-0.2, -0.15) is 11.8 Å².